The van der Waals surface area contributed by atoms with E-state index in [2.05, 4.69) is 39.2 Å². The minimum absolute atomic E-state index is 0.180. The fourth-order valence-corrected chi connectivity index (χ4v) is 4.10. The Labute approximate surface area is 194 Å². The maximum absolute atomic E-state index is 12.3. The lowest BCUT2D eigenvalue weighted by Gasteiger charge is -2.16. The van der Waals surface area contributed by atoms with Crippen LogP contribution >= 0.6 is 0 Å². The van der Waals surface area contributed by atoms with Gasteiger partial charge in [-0.3, -0.25) is 10.2 Å². The molecule has 4 rings (SSSR count). The molecule has 0 aliphatic rings. The smallest absolute Gasteiger partial charge is 0.301 e. The number of hydrogen-bond donors (Lipinski definition) is 2. The van der Waals surface area contributed by atoms with Crippen molar-refractivity contribution in [2.45, 2.75) is 34.3 Å². The number of nitrogens with one attached hydrogen (secondary N) is 1. The minimum Gasteiger partial charge on any atom is -0.489 e. The van der Waals surface area contributed by atoms with Crippen molar-refractivity contribution in [3.63, 3.8) is 0 Å². The first-order chi connectivity index (χ1) is 15.9. The second-order valence-electron chi connectivity index (χ2n) is 8.24. The van der Waals surface area contributed by atoms with Crippen LogP contribution < -0.4 is 16.0 Å². The van der Waals surface area contributed by atoms with Gasteiger partial charge in [0.1, 0.15) is 12.4 Å². The molecule has 0 aliphatic carbocycles. The summed E-state index contributed by atoms with van der Waals surface area (Å²) in [5.74, 6) is 5.85. The molecule has 0 bridgehead atoms. The second-order valence-corrected chi connectivity index (χ2v) is 8.24. The Morgan fingerprint density at radius 1 is 0.909 bits per heavy atom. The van der Waals surface area contributed by atoms with Gasteiger partial charge in [0.2, 0.25) is 5.76 Å². The van der Waals surface area contributed by atoms with E-state index in [0.29, 0.717) is 12.2 Å². The largest absolute Gasteiger partial charge is 0.489 e. The molecule has 0 unspecified atom stereocenters. The summed E-state index contributed by atoms with van der Waals surface area (Å²) in [4.78, 5) is 12.3. The molecular formula is C28H28N2O3. The highest BCUT2D eigenvalue weighted by Gasteiger charge is 2.22. The molecule has 1 heterocycles. The molecule has 3 aromatic carbocycles. The number of carbonyl (C=O) groups excluding carboxylic acids is 1. The number of hydrogen-bond acceptors (Lipinski definition) is 4. The van der Waals surface area contributed by atoms with Crippen LogP contribution in [0.15, 0.2) is 71.3 Å². The van der Waals surface area contributed by atoms with Gasteiger partial charge in [0, 0.05) is 11.1 Å². The van der Waals surface area contributed by atoms with Crippen molar-refractivity contribution < 1.29 is 13.9 Å². The highest BCUT2D eigenvalue weighted by molar-refractivity contribution is 6.02. The monoisotopic (exact) mass is 440 g/mol. The van der Waals surface area contributed by atoms with E-state index in [4.69, 9.17) is 15.0 Å². The summed E-state index contributed by atoms with van der Waals surface area (Å²) in [6, 6.07) is 19.7. The summed E-state index contributed by atoms with van der Waals surface area (Å²) < 4.78 is 11.7. The van der Waals surface area contributed by atoms with Crippen molar-refractivity contribution in [3.8, 4) is 28.0 Å². The number of nitrogens with two attached hydrogens (primary N) is 1. The van der Waals surface area contributed by atoms with Crippen LogP contribution in [0.4, 0.5) is 0 Å². The molecule has 0 spiro atoms. The Morgan fingerprint density at radius 2 is 1.55 bits per heavy atom. The molecule has 0 saturated carbocycles. The molecule has 0 atom stereocenters. The molecule has 1 aromatic heterocycles. The number of hydrazine groups is 1. The predicted octanol–water partition coefficient (Wildman–Crippen LogP) is 6.03. The highest BCUT2D eigenvalue weighted by atomic mass is 16.5. The Morgan fingerprint density at radius 3 is 2.15 bits per heavy atom. The predicted molar refractivity (Wildman–Crippen MR) is 131 cm³/mol. The number of carbonyl (C=O) groups is 1. The Balaban J connectivity index is 1.62. The molecule has 0 aliphatic heterocycles. The number of benzene rings is 3. The first-order valence-electron chi connectivity index (χ1n) is 10.9. The fraction of sp³-hybridized carbons (Fsp3) is 0.179. The van der Waals surface area contributed by atoms with Crippen molar-refractivity contribution in [1.82, 2.24) is 5.43 Å². The standard InChI is InChI=1S/C28H28N2O3/c1-17-14-18(2)20(4)24(19(17)3)15-32-23-12-10-21(11-13-23)25-16-33-27(28(31)30-29)26(25)22-8-6-5-7-9-22/h5-14,16H,15,29H2,1-4H3,(H,30,31). The third kappa shape index (κ3) is 4.41. The first-order valence-corrected chi connectivity index (χ1v) is 10.9. The van der Waals surface area contributed by atoms with Crippen molar-refractivity contribution in [2.24, 2.45) is 5.84 Å². The van der Waals surface area contributed by atoms with Crippen LogP contribution in [0.1, 0.15) is 38.4 Å². The SMILES string of the molecule is Cc1cc(C)c(C)c(COc2ccc(-c3coc(C(=O)NN)c3-c3ccccc3)cc2)c1C. The Bertz CT molecular complexity index is 1260. The van der Waals surface area contributed by atoms with Crippen LogP contribution in [0.2, 0.25) is 0 Å². The van der Waals surface area contributed by atoms with Gasteiger partial charge in [-0.05, 0) is 78.8 Å². The number of amides is 1. The average molecular weight is 441 g/mol. The quantitative estimate of drug-likeness (QED) is 0.218. The van der Waals surface area contributed by atoms with Gasteiger partial charge in [0.25, 0.3) is 0 Å². The summed E-state index contributed by atoms with van der Waals surface area (Å²) in [5.41, 5.74) is 11.8. The summed E-state index contributed by atoms with van der Waals surface area (Å²) in [6.45, 7) is 9.07. The van der Waals surface area contributed by atoms with E-state index in [9.17, 15) is 4.79 Å². The number of ether oxygens (including phenoxy) is 1. The molecule has 0 radical (unpaired) electrons. The van der Waals surface area contributed by atoms with Gasteiger partial charge in [-0.2, -0.15) is 0 Å². The molecule has 0 saturated heterocycles. The molecule has 3 N–H and O–H groups in total. The summed E-state index contributed by atoms with van der Waals surface area (Å²) in [6.07, 6.45) is 1.59. The van der Waals surface area contributed by atoms with E-state index in [1.54, 1.807) is 6.26 Å². The third-order valence-corrected chi connectivity index (χ3v) is 6.26. The molecule has 33 heavy (non-hydrogen) atoms. The van der Waals surface area contributed by atoms with E-state index in [1.807, 2.05) is 54.6 Å². The minimum atomic E-state index is -0.473. The van der Waals surface area contributed by atoms with E-state index in [0.717, 1.165) is 22.4 Å². The molecule has 1 amide bonds. The van der Waals surface area contributed by atoms with Gasteiger partial charge in [-0.1, -0.05) is 48.5 Å². The van der Waals surface area contributed by atoms with Crippen LogP contribution in [-0.2, 0) is 6.61 Å². The summed E-state index contributed by atoms with van der Waals surface area (Å²) in [7, 11) is 0. The zero-order chi connectivity index (χ0) is 23.5. The maximum atomic E-state index is 12.3. The maximum Gasteiger partial charge on any atom is 0.301 e. The highest BCUT2D eigenvalue weighted by Crippen LogP contribution is 2.37. The van der Waals surface area contributed by atoms with Crippen LogP contribution in [0.5, 0.6) is 5.75 Å². The second kappa shape index (κ2) is 9.35. The van der Waals surface area contributed by atoms with E-state index in [1.165, 1.54) is 27.8 Å². The Hall–Kier alpha value is -3.83. The zero-order valence-electron chi connectivity index (χ0n) is 19.4. The van der Waals surface area contributed by atoms with Crippen molar-refractivity contribution in [1.29, 1.82) is 0 Å². The fourth-order valence-electron chi connectivity index (χ4n) is 4.10. The molecule has 5 heteroatoms. The van der Waals surface area contributed by atoms with E-state index in [-0.39, 0.29) is 5.76 Å². The molecular weight excluding hydrogens is 412 g/mol. The lowest BCUT2D eigenvalue weighted by Crippen LogP contribution is -2.30. The van der Waals surface area contributed by atoms with Gasteiger partial charge >= 0.3 is 5.91 Å². The molecule has 168 valence electrons. The summed E-state index contributed by atoms with van der Waals surface area (Å²) >= 11 is 0. The first kappa shape index (κ1) is 22.4. The van der Waals surface area contributed by atoms with Gasteiger partial charge in [0.15, 0.2) is 0 Å². The van der Waals surface area contributed by atoms with Gasteiger partial charge in [-0.25, -0.2) is 5.84 Å². The number of rotatable bonds is 6. The lowest BCUT2D eigenvalue weighted by molar-refractivity contribution is 0.0927. The van der Waals surface area contributed by atoms with Crippen molar-refractivity contribution >= 4 is 5.91 Å². The topological polar surface area (TPSA) is 77.5 Å². The normalized spacial score (nSPS) is 10.8. The van der Waals surface area contributed by atoms with E-state index < -0.39 is 5.91 Å². The number of furan rings is 1. The van der Waals surface area contributed by atoms with Crippen molar-refractivity contribution in [2.75, 3.05) is 0 Å². The zero-order valence-corrected chi connectivity index (χ0v) is 19.4. The van der Waals surface area contributed by atoms with Crippen LogP contribution in [-0.4, -0.2) is 5.91 Å². The average Bonchev–Trinajstić information content (AvgIpc) is 3.28. The van der Waals surface area contributed by atoms with E-state index >= 15 is 0 Å². The van der Waals surface area contributed by atoms with Gasteiger partial charge in [-0.15, -0.1) is 0 Å². The third-order valence-electron chi connectivity index (χ3n) is 6.26. The van der Waals surface area contributed by atoms with Crippen molar-refractivity contribution in [3.05, 3.63) is 101 Å². The lowest BCUT2D eigenvalue weighted by atomic mass is 9.95. The van der Waals surface area contributed by atoms with Crippen LogP contribution in [0.25, 0.3) is 22.3 Å². The molecule has 4 aromatic rings. The summed E-state index contributed by atoms with van der Waals surface area (Å²) in [5, 5.41) is 0. The van der Waals surface area contributed by atoms with Gasteiger partial charge < -0.3 is 9.15 Å². The van der Waals surface area contributed by atoms with Crippen LogP contribution in [0.3, 0.4) is 0 Å². The number of nitrogen functional groups attached to an aromatic ring is 1. The molecule has 5 nitrogen and oxygen atoms in total. The van der Waals surface area contributed by atoms with Crippen LogP contribution in [0, 0.1) is 27.7 Å². The molecule has 0 fully saturated rings. The Kier molecular flexibility index (Phi) is 6.33. The number of aryl methyl sites for hydroxylation is 2. The van der Waals surface area contributed by atoms with Gasteiger partial charge in [0.05, 0.1) is 6.26 Å².